The molecule has 0 aromatic heterocycles. The molecule has 2 aliphatic carbocycles. The summed E-state index contributed by atoms with van der Waals surface area (Å²) in [6.07, 6.45) is 15.2. The molecule has 1 amide bonds. The third-order valence-electron chi connectivity index (χ3n) is 7.78. The lowest BCUT2D eigenvalue weighted by molar-refractivity contribution is -0.384. The average Bonchev–Trinajstić information content (AvgIpc) is 3.04. The van der Waals surface area contributed by atoms with Gasteiger partial charge in [0.05, 0.1) is 11.5 Å². The average molecular weight is 441 g/mol. The van der Waals surface area contributed by atoms with Gasteiger partial charge in [0.2, 0.25) is 0 Å². The molecule has 3 aliphatic rings. The molecule has 1 heterocycles. The van der Waals surface area contributed by atoms with Crippen LogP contribution in [-0.2, 0) is 11.3 Å². The number of nitro groups is 1. The smallest absolute Gasteiger partial charge is 0.269 e. The molecule has 0 unspecified atom stereocenters. The molecule has 0 radical (unpaired) electrons. The minimum absolute atomic E-state index is 0.0229. The lowest BCUT2D eigenvalue weighted by Crippen LogP contribution is -2.45. The highest BCUT2D eigenvalue weighted by Gasteiger charge is 2.48. The number of nitrogens with two attached hydrogens (primary N) is 1. The summed E-state index contributed by atoms with van der Waals surface area (Å²) in [5, 5.41) is 10.9. The molecule has 1 aliphatic heterocycles. The Kier molecular flexibility index (Phi) is 7.11. The zero-order valence-corrected chi connectivity index (χ0v) is 19.0. The number of carbonyl (C=O) groups is 1. The molecule has 0 bridgehead atoms. The minimum Gasteiger partial charge on any atom is -0.369 e. The van der Waals surface area contributed by atoms with Crippen molar-refractivity contribution in [3.63, 3.8) is 0 Å². The highest BCUT2D eigenvalue weighted by atomic mass is 16.6. The fourth-order valence-corrected chi connectivity index (χ4v) is 5.93. The summed E-state index contributed by atoms with van der Waals surface area (Å²) in [4.78, 5) is 30.8. The first-order valence-corrected chi connectivity index (χ1v) is 12.4. The second-order valence-corrected chi connectivity index (χ2v) is 10.1. The van der Waals surface area contributed by atoms with Gasteiger partial charge in [-0.15, -0.1) is 0 Å². The van der Waals surface area contributed by atoms with Gasteiger partial charge in [0.1, 0.15) is 5.54 Å². The summed E-state index contributed by atoms with van der Waals surface area (Å²) in [5.41, 5.74) is 6.47. The first-order chi connectivity index (χ1) is 15.5. The zero-order valence-electron chi connectivity index (χ0n) is 19.0. The molecular formula is C25H36N4O3. The molecule has 2 N–H and O–H groups in total. The number of guanidine groups is 1. The van der Waals surface area contributed by atoms with E-state index in [0.29, 0.717) is 24.3 Å². The summed E-state index contributed by atoms with van der Waals surface area (Å²) in [5.74, 6) is 1.55. The van der Waals surface area contributed by atoms with E-state index in [4.69, 9.17) is 10.7 Å². The first-order valence-electron chi connectivity index (χ1n) is 12.4. The molecule has 0 saturated heterocycles. The number of carbonyl (C=O) groups excluding carboxylic acids is 1. The number of non-ortho nitro benzene ring substituents is 1. The van der Waals surface area contributed by atoms with Crippen molar-refractivity contribution < 1.29 is 9.72 Å². The summed E-state index contributed by atoms with van der Waals surface area (Å²) < 4.78 is 0. The normalized spacial score (nSPS) is 25.2. The van der Waals surface area contributed by atoms with Crippen molar-refractivity contribution in [2.75, 3.05) is 0 Å². The molecule has 32 heavy (non-hydrogen) atoms. The van der Waals surface area contributed by atoms with Crippen LogP contribution in [0.1, 0.15) is 89.0 Å². The van der Waals surface area contributed by atoms with Gasteiger partial charge in [0.15, 0.2) is 5.96 Å². The molecule has 7 heteroatoms. The Hall–Kier alpha value is -2.44. The van der Waals surface area contributed by atoms with Gasteiger partial charge >= 0.3 is 0 Å². The van der Waals surface area contributed by atoms with Crippen LogP contribution < -0.4 is 5.73 Å². The Balaban J connectivity index is 1.50. The van der Waals surface area contributed by atoms with Crippen LogP contribution in [0.3, 0.4) is 0 Å². The van der Waals surface area contributed by atoms with E-state index in [1.807, 2.05) is 0 Å². The largest absolute Gasteiger partial charge is 0.369 e. The van der Waals surface area contributed by atoms with Crippen LogP contribution in [0.4, 0.5) is 5.69 Å². The molecule has 1 atom stereocenters. The Bertz CT molecular complexity index is 841. The Morgan fingerprint density at radius 3 is 2.19 bits per heavy atom. The number of amides is 1. The number of hydrogen-bond donors (Lipinski definition) is 1. The third-order valence-corrected chi connectivity index (χ3v) is 7.78. The number of benzene rings is 1. The molecule has 4 rings (SSSR count). The topological polar surface area (TPSA) is 102 Å². The van der Waals surface area contributed by atoms with E-state index in [2.05, 4.69) is 0 Å². The molecule has 2 fully saturated rings. The maximum atomic E-state index is 13.8. The van der Waals surface area contributed by atoms with Crippen LogP contribution >= 0.6 is 0 Å². The van der Waals surface area contributed by atoms with Crippen LogP contribution in [-0.4, -0.2) is 27.2 Å². The van der Waals surface area contributed by atoms with Crippen LogP contribution in [0.2, 0.25) is 0 Å². The second-order valence-electron chi connectivity index (χ2n) is 10.1. The van der Waals surface area contributed by atoms with Gasteiger partial charge in [-0.25, -0.2) is 4.99 Å². The lowest BCUT2D eigenvalue weighted by Gasteiger charge is -2.33. The van der Waals surface area contributed by atoms with Gasteiger partial charge in [-0.1, -0.05) is 76.3 Å². The molecule has 7 nitrogen and oxygen atoms in total. The van der Waals surface area contributed by atoms with Crippen molar-refractivity contribution in [2.24, 2.45) is 22.6 Å². The van der Waals surface area contributed by atoms with E-state index in [9.17, 15) is 14.9 Å². The second kappa shape index (κ2) is 10.0. The lowest BCUT2D eigenvalue weighted by atomic mass is 9.75. The van der Waals surface area contributed by atoms with Gasteiger partial charge in [-0.05, 0) is 36.7 Å². The van der Waals surface area contributed by atoms with E-state index < -0.39 is 10.5 Å². The summed E-state index contributed by atoms with van der Waals surface area (Å²) in [7, 11) is 0. The number of rotatable bonds is 8. The first kappa shape index (κ1) is 22.7. The standard InChI is InChI=1S/C25H36N4O3/c26-24-27-25(17-20-9-5-2-6-10-20,16-15-19-7-3-1-4-8-19)23(30)28(24)18-21-11-13-22(14-12-21)29(31)32/h11-14,19-20H,1-10,15-18H2,(H2,26,27)/t25-/m1/s1. The minimum atomic E-state index is -0.732. The predicted molar refractivity (Wildman–Crippen MR) is 125 cm³/mol. The summed E-state index contributed by atoms with van der Waals surface area (Å²) in [6, 6.07) is 6.34. The Morgan fingerprint density at radius 1 is 1.00 bits per heavy atom. The van der Waals surface area contributed by atoms with Crippen molar-refractivity contribution in [3.05, 3.63) is 39.9 Å². The van der Waals surface area contributed by atoms with Crippen LogP contribution in [0.25, 0.3) is 0 Å². The predicted octanol–water partition coefficient (Wildman–Crippen LogP) is 5.32. The molecule has 1 aromatic rings. The Morgan fingerprint density at radius 2 is 1.59 bits per heavy atom. The number of nitrogens with zero attached hydrogens (tertiary/aromatic N) is 3. The van der Waals surface area contributed by atoms with E-state index in [1.165, 1.54) is 76.3 Å². The number of hydrogen-bond acceptors (Lipinski definition) is 5. The molecule has 2 saturated carbocycles. The highest BCUT2D eigenvalue weighted by molar-refractivity contribution is 6.06. The van der Waals surface area contributed by atoms with Crippen LogP contribution in [0.15, 0.2) is 29.3 Å². The third kappa shape index (κ3) is 5.13. The van der Waals surface area contributed by atoms with Crippen LogP contribution in [0, 0.1) is 22.0 Å². The van der Waals surface area contributed by atoms with E-state index >= 15 is 0 Å². The maximum Gasteiger partial charge on any atom is 0.269 e. The molecular weight excluding hydrogens is 404 g/mol. The number of nitro benzene ring substituents is 1. The van der Waals surface area contributed by atoms with Crippen molar-refractivity contribution in [2.45, 2.75) is 95.6 Å². The monoisotopic (exact) mass is 440 g/mol. The van der Waals surface area contributed by atoms with Gasteiger partial charge in [0.25, 0.3) is 11.6 Å². The van der Waals surface area contributed by atoms with Crippen LogP contribution in [0.5, 0.6) is 0 Å². The van der Waals surface area contributed by atoms with Gasteiger partial charge in [-0.2, -0.15) is 0 Å². The van der Waals surface area contributed by atoms with Crippen molar-refractivity contribution in [3.8, 4) is 0 Å². The van der Waals surface area contributed by atoms with Gasteiger partial charge in [-0.3, -0.25) is 19.8 Å². The van der Waals surface area contributed by atoms with Gasteiger partial charge in [0, 0.05) is 12.1 Å². The summed E-state index contributed by atoms with van der Waals surface area (Å²) in [6.45, 7) is 0.308. The molecule has 174 valence electrons. The SMILES string of the molecule is NC1=N[C@](CCC2CCCCC2)(CC2CCCCC2)C(=O)N1Cc1ccc([N+](=O)[O-])cc1. The summed E-state index contributed by atoms with van der Waals surface area (Å²) >= 11 is 0. The van der Waals surface area contributed by atoms with Crippen molar-refractivity contribution in [1.82, 2.24) is 4.90 Å². The molecule has 0 spiro atoms. The fraction of sp³-hybridized carbons (Fsp3) is 0.680. The van der Waals surface area contributed by atoms with E-state index in [1.54, 1.807) is 17.0 Å². The fourth-order valence-electron chi connectivity index (χ4n) is 5.93. The van der Waals surface area contributed by atoms with E-state index in [0.717, 1.165) is 24.8 Å². The van der Waals surface area contributed by atoms with Crippen molar-refractivity contribution >= 4 is 17.6 Å². The number of aliphatic imine (C=N–C) groups is 1. The van der Waals surface area contributed by atoms with Crippen molar-refractivity contribution in [1.29, 1.82) is 0 Å². The zero-order chi connectivity index (χ0) is 22.6. The molecule has 1 aromatic carbocycles. The quantitative estimate of drug-likeness (QED) is 0.436. The maximum absolute atomic E-state index is 13.8. The highest BCUT2D eigenvalue weighted by Crippen LogP contribution is 2.41. The van der Waals surface area contributed by atoms with E-state index in [-0.39, 0.29) is 11.6 Å². The Labute approximate surface area is 190 Å². The van der Waals surface area contributed by atoms with Gasteiger partial charge < -0.3 is 5.73 Å².